The molecule has 3 heterocycles. The van der Waals surface area contributed by atoms with Gasteiger partial charge in [0.2, 0.25) is 5.71 Å². The zero-order chi connectivity index (χ0) is 36.0. The standard InChI is InChI=1S/C49H32N4O/c1-49(2)40-22-12-10-18-33(40)34-25-24-30(28-41(34)49)46-51-45(29-14-4-3-5-15-29)52-47(53-46)38-27-26-37(31-16-6-7-17-32(31)38)44-36-20-9-8-19-35(36)43-39-21-11-13-23-42(39)54-48(43)50-44/h3-28H,1-2H3. The zero-order valence-corrected chi connectivity index (χ0v) is 29.7. The van der Waals surface area contributed by atoms with Crippen LogP contribution in [0.25, 0.3) is 100 Å². The molecular weight excluding hydrogens is 661 g/mol. The monoisotopic (exact) mass is 692 g/mol. The molecule has 254 valence electrons. The number of hydrogen-bond donors (Lipinski definition) is 0. The summed E-state index contributed by atoms with van der Waals surface area (Å²) in [5.74, 6) is 1.90. The minimum Gasteiger partial charge on any atom is -0.438 e. The molecule has 5 heteroatoms. The van der Waals surface area contributed by atoms with Gasteiger partial charge in [-0.05, 0) is 56.6 Å². The summed E-state index contributed by atoms with van der Waals surface area (Å²) in [7, 11) is 0. The molecule has 0 spiro atoms. The molecule has 0 unspecified atom stereocenters. The topological polar surface area (TPSA) is 64.7 Å². The van der Waals surface area contributed by atoms with Crippen LogP contribution in [0.3, 0.4) is 0 Å². The number of hydrogen-bond acceptors (Lipinski definition) is 5. The second-order valence-corrected chi connectivity index (χ2v) is 14.6. The number of rotatable bonds is 4. The van der Waals surface area contributed by atoms with Crippen LogP contribution < -0.4 is 0 Å². The molecule has 0 amide bonds. The number of nitrogens with zero attached hydrogens (tertiary/aromatic N) is 4. The summed E-state index contributed by atoms with van der Waals surface area (Å²) < 4.78 is 6.36. The highest BCUT2D eigenvalue weighted by Crippen LogP contribution is 2.49. The van der Waals surface area contributed by atoms with Gasteiger partial charge in [0.05, 0.1) is 11.1 Å². The summed E-state index contributed by atoms with van der Waals surface area (Å²) in [5.41, 5.74) is 11.2. The first-order valence-electron chi connectivity index (χ1n) is 18.3. The fourth-order valence-corrected chi connectivity index (χ4v) is 8.53. The smallest absolute Gasteiger partial charge is 0.228 e. The number of para-hydroxylation sites is 1. The first-order valence-corrected chi connectivity index (χ1v) is 18.3. The van der Waals surface area contributed by atoms with Crippen LogP contribution in [0.15, 0.2) is 162 Å². The van der Waals surface area contributed by atoms with Crippen molar-refractivity contribution in [3.63, 3.8) is 0 Å². The van der Waals surface area contributed by atoms with Crippen LogP contribution in [0.4, 0.5) is 0 Å². The Hall–Kier alpha value is -6.98. The fourth-order valence-electron chi connectivity index (χ4n) is 8.53. The summed E-state index contributed by atoms with van der Waals surface area (Å²) in [6.07, 6.45) is 0. The second kappa shape index (κ2) is 11.5. The lowest BCUT2D eigenvalue weighted by molar-refractivity contribution is 0.655. The van der Waals surface area contributed by atoms with Crippen LogP contribution in [0.2, 0.25) is 0 Å². The van der Waals surface area contributed by atoms with Gasteiger partial charge in [-0.1, -0.05) is 153 Å². The van der Waals surface area contributed by atoms with Crippen molar-refractivity contribution in [2.75, 3.05) is 0 Å². The van der Waals surface area contributed by atoms with Gasteiger partial charge in [0.15, 0.2) is 17.5 Å². The van der Waals surface area contributed by atoms with E-state index in [4.69, 9.17) is 24.4 Å². The molecule has 5 nitrogen and oxygen atoms in total. The van der Waals surface area contributed by atoms with Gasteiger partial charge < -0.3 is 4.42 Å². The first-order chi connectivity index (χ1) is 26.5. The van der Waals surface area contributed by atoms with Crippen molar-refractivity contribution in [1.82, 2.24) is 19.9 Å². The van der Waals surface area contributed by atoms with Gasteiger partial charge in [-0.2, -0.15) is 0 Å². The molecule has 0 radical (unpaired) electrons. The minimum atomic E-state index is -0.143. The lowest BCUT2D eigenvalue weighted by atomic mass is 9.82. The van der Waals surface area contributed by atoms with E-state index in [9.17, 15) is 0 Å². The number of pyridine rings is 1. The van der Waals surface area contributed by atoms with Gasteiger partial charge in [-0.3, -0.25) is 0 Å². The third-order valence-corrected chi connectivity index (χ3v) is 11.2. The molecule has 0 aliphatic heterocycles. The van der Waals surface area contributed by atoms with E-state index < -0.39 is 0 Å². The largest absolute Gasteiger partial charge is 0.438 e. The summed E-state index contributed by atoms with van der Waals surface area (Å²) in [5, 5.41) is 6.39. The van der Waals surface area contributed by atoms with E-state index in [1.54, 1.807) is 0 Å². The van der Waals surface area contributed by atoms with Gasteiger partial charge in [0, 0.05) is 38.4 Å². The number of furan rings is 1. The van der Waals surface area contributed by atoms with Crippen LogP contribution in [-0.4, -0.2) is 19.9 Å². The van der Waals surface area contributed by atoms with Crippen LogP contribution in [-0.2, 0) is 5.41 Å². The van der Waals surface area contributed by atoms with Crippen LogP contribution >= 0.6 is 0 Å². The Kier molecular flexibility index (Phi) is 6.53. The SMILES string of the molecule is CC1(C)c2ccccc2-c2ccc(-c3nc(-c4ccccc4)nc(-c4ccc(-c5nc6oc7ccccc7c6c6ccccc56)c5ccccc45)n3)cc21. The molecule has 1 aliphatic rings. The third kappa shape index (κ3) is 4.51. The molecule has 0 saturated heterocycles. The highest BCUT2D eigenvalue weighted by molar-refractivity contribution is 6.21. The van der Waals surface area contributed by atoms with E-state index >= 15 is 0 Å². The van der Waals surface area contributed by atoms with E-state index in [1.165, 1.54) is 22.3 Å². The van der Waals surface area contributed by atoms with E-state index in [0.717, 1.165) is 65.8 Å². The number of fused-ring (bicyclic) bond motifs is 9. The molecule has 0 fully saturated rings. The van der Waals surface area contributed by atoms with E-state index in [-0.39, 0.29) is 5.41 Å². The maximum absolute atomic E-state index is 6.36. The third-order valence-electron chi connectivity index (χ3n) is 11.2. The van der Waals surface area contributed by atoms with Crippen LogP contribution in [0.5, 0.6) is 0 Å². The van der Waals surface area contributed by atoms with Crippen molar-refractivity contribution in [3.8, 4) is 56.5 Å². The van der Waals surface area contributed by atoms with Crippen molar-refractivity contribution >= 4 is 43.6 Å². The number of aromatic nitrogens is 4. The molecular formula is C49H32N4O. The molecule has 1 aliphatic carbocycles. The summed E-state index contributed by atoms with van der Waals surface area (Å²) in [6.45, 7) is 4.60. The van der Waals surface area contributed by atoms with E-state index in [2.05, 4.69) is 135 Å². The number of benzene rings is 7. The molecule has 54 heavy (non-hydrogen) atoms. The minimum absolute atomic E-state index is 0.143. The lowest BCUT2D eigenvalue weighted by Crippen LogP contribution is -2.15. The van der Waals surface area contributed by atoms with Gasteiger partial charge >= 0.3 is 0 Å². The summed E-state index contributed by atoms with van der Waals surface area (Å²) in [6, 6.07) is 54.9. The Morgan fingerprint density at radius 2 is 0.981 bits per heavy atom. The second-order valence-electron chi connectivity index (χ2n) is 14.6. The Labute approximate surface area is 311 Å². The van der Waals surface area contributed by atoms with Gasteiger partial charge in [0.1, 0.15) is 5.58 Å². The maximum atomic E-state index is 6.36. The van der Waals surface area contributed by atoms with Crippen molar-refractivity contribution in [1.29, 1.82) is 0 Å². The van der Waals surface area contributed by atoms with E-state index in [0.29, 0.717) is 23.2 Å². The predicted molar refractivity (Wildman–Crippen MR) is 219 cm³/mol. The molecule has 0 bridgehead atoms. The van der Waals surface area contributed by atoms with Crippen molar-refractivity contribution < 1.29 is 4.42 Å². The molecule has 11 rings (SSSR count). The zero-order valence-electron chi connectivity index (χ0n) is 29.7. The highest BCUT2D eigenvalue weighted by Gasteiger charge is 2.35. The maximum Gasteiger partial charge on any atom is 0.228 e. The van der Waals surface area contributed by atoms with Gasteiger partial charge in [-0.25, -0.2) is 19.9 Å². The van der Waals surface area contributed by atoms with E-state index in [1.807, 2.05) is 36.4 Å². The molecule has 10 aromatic rings. The van der Waals surface area contributed by atoms with Crippen LogP contribution in [0, 0.1) is 0 Å². The molecule has 0 saturated carbocycles. The summed E-state index contributed by atoms with van der Waals surface area (Å²) >= 11 is 0. The Balaban J connectivity index is 1.12. The van der Waals surface area contributed by atoms with Crippen LogP contribution in [0.1, 0.15) is 25.0 Å². The quantitative estimate of drug-likeness (QED) is 0.184. The van der Waals surface area contributed by atoms with Gasteiger partial charge in [-0.15, -0.1) is 0 Å². The fraction of sp³-hybridized carbons (Fsp3) is 0.0612. The Bertz CT molecular complexity index is 3140. The molecule has 0 atom stereocenters. The van der Waals surface area contributed by atoms with Crippen molar-refractivity contribution in [2.45, 2.75) is 19.3 Å². The molecule has 0 N–H and O–H groups in total. The first kappa shape index (κ1) is 30.6. The predicted octanol–water partition coefficient (Wildman–Crippen LogP) is 12.4. The van der Waals surface area contributed by atoms with Gasteiger partial charge in [0.25, 0.3) is 0 Å². The normalized spacial score (nSPS) is 13.1. The Morgan fingerprint density at radius 3 is 1.80 bits per heavy atom. The lowest BCUT2D eigenvalue weighted by Gasteiger charge is -2.21. The molecule has 7 aromatic carbocycles. The van der Waals surface area contributed by atoms with Crippen molar-refractivity contribution in [2.24, 2.45) is 0 Å². The average Bonchev–Trinajstić information content (AvgIpc) is 3.72. The Morgan fingerprint density at radius 1 is 0.407 bits per heavy atom. The summed E-state index contributed by atoms with van der Waals surface area (Å²) in [4.78, 5) is 20.7. The van der Waals surface area contributed by atoms with Crippen molar-refractivity contribution in [3.05, 3.63) is 169 Å². The average molecular weight is 693 g/mol. The highest BCUT2D eigenvalue weighted by atomic mass is 16.3. The molecule has 3 aromatic heterocycles.